The molecule has 0 saturated heterocycles. The van der Waals surface area contributed by atoms with Crippen LogP contribution >= 0.6 is 11.6 Å². The molecule has 3 heteroatoms. The third-order valence-electron chi connectivity index (χ3n) is 4.23. The topological polar surface area (TPSA) is 20.3 Å². The van der Waals surface area contributed by atoms with Gasteiger partial charge < -0.3 is 4.90 Å². The standard InChI is InChI=1S/C19H18ClNO/c1-21(18-12-10-14-6-2-4-8-16(14)18)19(22)13-11-15-7-3-5-9-17(15)20/h2-9,11,13,18H,10,12H2,1H3. The van der Waals surface area contributed by atoms with E-state index in [9.17, 15) is 4.79 Å². The van der Waals surface area contributed by atoms with Crippen LogP contribution in [0.4, 0.5) is 0 Å². The minimum Gasteiger partial charge on any atom is -0.335 e. The van der Waals surface area contributed by atoms with Crippen LogP contribution in [0, 0.1) is 0 Å². The average molecular weight is 312 g/mol. The summed E-state index contributed by atoms with van der Waals surface area (Å²) in [6.45, 7) is 0. The number of aryl methyl sites for hydroxylation is 1. The van der Waals surface area contributed by atoms with Crippen molar-refractivity contribution in [2.75, 3.05) is 7.05 Å². The zero-order valence-corrected chi connectivity index (χ0v) is 13.3. The molecule has 1 aliphatic rings. The third kappa shape index (κ3) is 2.93. The van der Waals surface area contributed by atoms with Gasteiger partial charge in [-0.2, -0.15) is 0 Å². The van der Waals surface area contributed by atoms with Crippen molar-refractivity contribution >= 4 is 23.6 Å². The summed E-state index contributed by atoms with van der Waals surface area (Å²) in [6, 6.07) is 16.0. The molecular weight excluding hydrogens is 294 g/mol. The second-order valence-corrected chi connectivity index (χ2v) is 5.96. The zero-order valence-electron chi connectivity index (χ0n) is 12.5. The maximum absolute atomic E-state index is 12.4. The second kappa shape index (κ2) is 6.37. The van der Waals surface area contributed by atoms with Crippen LogP contribution in [0.25, 0.3) is 6.08 Å². The van der Waals surface area contributed by atoms with Crippen molar-refractivity contribution in [2.24, 2.45) is 0 Å². The number of carbonyl (C=O) groups is 1. The lowest BCUT2D eigenvalue weighted by Crippen LogP contribution is -2.28. The average Bonchev–Trinajstić information content (AvgIpc) is 2.97. The first-order valence-electron chi connectivity index (χ1n) is 7.44. The van der Waals surface area contributed by atoms with Gasteiger partial charge in [-0.25, -0.2) is 0 Å². The van der Waals surface area contributed by atoms with Crippen LogP contribution in [-0.2, 0) is 11.2 Å². The number of amides is 1. The first kappa shape index (κ1) is 14.9. The maximum atomic E-state index is 12.4. The SMILES string of the molecule is CN(C(=O)C=Cc1ccccc1Cl)C1CCc2ccccc21. The molecule has 2 aromatic rings. The number of likely N-dealkylation sites (N-methyl/N-ethyl adjacent to an activating group) is 1. The summed E-state index contributed by atoms with van der Waals surface area (Å²) < 4.78 is 0. The van der Waals surface area contributed by atoms with E-state index in [-0.39, 0.29) is 11.9 Å². The van der Waals surface area contributed by atoms with Crippen LogP contribution in [0.3, 0.4) is 0 Å². The summed E-state index contributed by atoms with van der Waals surface area (Å²) >= 11 is 6.11. The quantitative estimate of drug-likeness (QED) is 0.764. The van der Waals surface area contributed by atoms with Crippen molar-refractivity contribution in [1.82, 2.24) is 4.90 Å². The molecule has 112 valence electrons. The van der Waals surface area contributed by atoms with Crippen LogP contribution < -0.4 is 0 Å². The van der Waals surface area contributed by atoms with Gasteiger partial charge >= 0.3 is 0 Å². The first-order valence-corrected chi connectivity index (χ1v) is 7.82. The van der Waals surface area contributed by atoms with Crippen LogP contribution in [-0.4, -0.2) is 17.9 Å². The highest BCUT2D eigenvalue weighted by atomic mass is 35.5. The van der Waals surface area contributed by atoms with E-state index in [1.807, 2.05) is 42.3 Å². The van der Waals surface area contributed by atoms with E-state index < -0.39 is 0 Å². The number of halogens is 1. The summed E-state index contributed by atoms with van der Waals surface area (Å²) in [6.07, 6.45) is 5.40. The third-order valence-corrected chi connectivity index (χ3v) is 4.57. The molecule has 0 aromatic heterocycles. The number of hydrogen-bond acceptors (Lipinski definition) is 1. The predicted molar refractivity (Wildman–Crippen MR) is 90.8 cm³/mol. The molecular formula is C19H18ClNO. The van der Waals surface area contributed by atoms with Gasteiger partial charge in [-0.1, -0.05) is 54.1 Å². The smallest absolute Gasteiger partial charge is 0.246 e. The Kier molecular flexibility index (Phi) is 4.30. The molecule has 0 fully saturated rings. The van der Waals surface area contributed by atoms with Crippen LogP contribution in [0.5, 0.6) is 0 Å². The number of fused-ring (bicyclic) bond motifs is 1. The number of nitrogens with zero attached hydrogens (tertiary/aromatic N) is 1. The number of carbonyl (C=O) groups excluding carboxylic acids is 1. The van der Waals surface area contributed by atoms with Gasteiger partial charge in [-0.05, 0) is 41.7 Å². The molecule has 0 heterocycles. The van der Waals surface area contributed by atoms with E-state index in [1.54, 1.807) is 12.2 Å². The lowest BCUT2D eigenvalue weighted by Gasteiger charge is -2.24. The maximum Gasteiger partial charge on any atom is 0.246 e. The van der Waals surface area contributed by atoms with Gasteiger partial charge in [0.25, 0.3) is 0 Å². The van der Waals surface area contributed by atoms with Gasteiger partial charge in [0.15, 0.2) is 0 Å². The minimum atomic E-state index is 0.00150. The molecule has 0 saturated carbocycles. The van der Waals surface area contributed by atoms with Crippen molar-refractivity contribution in [3.05, 3.63) is 76.3 Å². The highest BCUT2D eigenvalue weighted by Gasteiger charge is 2.27. The van der Waals surface area contributed by atoms with Crippen LogP contribution in [0.1, 0.15) is 29.2 Å². The monoisotopic (exact) mass is 311 g/mol. The van der Waals surface area contributed by atoms with Gasteiger partial charge in [-0.3, -0.25) is 4.79 Å². The molecule has 0 bridgehead atoms. The van der Waals surface area contributed by atoms with Crippen molar-refractivity contribution in [1.29, 1.82) is 0 Å². The van der Waals surface area contributed by atoms with Crippen molar-refractivity contribution < 1.29 is 4.79 Å². The van der Waals surface area contributed by atoms with Gasteiger partial charge in [0, 0.05) is 18.1 Å². The molecule has 0 radical (unpaired) electrons. The van der Waals surface area contributed by atoms with Crippen LogP contribution in [0.15, 0.2) is 54.6 Å². The van der Waals surface area contributed by atoms with Gasteiger partial charge in [0.05, 0.1) is 6.04 Å². The Bertz CT molecular complexity index is 723. The van der Waals surface area contributed by atoms with E-state index in [0.717, 1.165) is 18.4 Å². The first-order chi connectivity index (χ1) is 10.7. The second-order valence-electron chi connectivity index (χ2n) is 5.56. The molecule has 0 spiro atoms. The molecule has 2 aromatic carbocycles. The molecule has 1 atom stereocenters. The van der Waals surface area contributed by atoms with E-state index in [4.69, 9.17) is 11.6 Å². The molecule has 1 unspecified atom stereocenters. The van der Waals surface area contributed by atoms with E-state index >= 15 is 0 Å². The zero-order chi connectivity index (χ0) is 15.5. The Morgan fingerprint density at radius 3 is 2.73 bits per heavy atom. The van der Waals surface area contributed by atoms with Gasteiger partial charge in [-0.15, -0.1) is 0 Å². The molecule has 1 aliphatic carbocycles. The normalized spacial score (nSPS) is 16.7. The van der Waals surface area contributed by atoms with Gasteiger partial charge in [0.1, 0.15) is 0 Å². The molecule has 0 N–H and O–H groups in total. The van der Waals surface area contributed by atoms with Crippen molar-refractivity contribution in [3.8, 4) is 0 Å². The van der Waals surface area contributed by atoms with E-state index in [2.05, 4.69) is 18.2 Å². The fourth-order valence-corrected chi connectivity index (χ4v) is 3.18. The summed E-state index contributed by atoms with van der Waals surface area (Å²) in [5.74, 6) is 0.00150. The Balaban J connectivity index is 1.75. The number of benzene rings is 2. The van der Waals surface area contributed by atoms with E-state index in [0.29, 0.717) is 5.02 Å². The lowest BCUT2D eigenvalue weighted by atomic mass is 10.1. The van der Waals surface area contributed by atoms with Crippen molar-refractivity contribution in [2.45, 2.75) is 18.9 Å². The molecule has 0 aliphatic heterocycles. The molecule has 3 rings (SSSR count). The Morgan fingerprint density at radius 2 is 1.91 bits per heavy atom. The Hall–Kier alpha value is -2.06. The highest BCUT2D eigenvalue weighted by Crippen LogP contribution is 2.34. The molecule has 2 nitrogen and oxygen atoms in total. The summed E-state index contributed by atoms with van der Waals surface area (Å²) in [4.78, 5) is 14.2. The van der Waals surface area contributed by atoms with Crippen molar-refractivity contribution in [3.63, 3.8) is 0 Å². The number of rotatable bonds is 3. The summed E-state index contributed by atoms with van der Waals surface area (Å²) in [7, 11) is 1.87. The molecule has 22 heavy (non-hydrogen) atoms. The van der Waals surface area contributed by atoms with Crippen LogP contribution in [0.2, 0.25) is 5.02 Å². The fraction of sp³-hybridized carbons (Fsp3) is 0.211. The lowest BCUT2D eigenvalue weighted by molar-refractivity contribution is -0.126. The number of hydrogen-bond donors (Lipinski definition) is 0. The fourth-order valence-electron chi connectivity index (χ4n) is 2.98. The minimum absolute atomic E-state index is 0.00150. The molecule has 1 amide bonds. The largest absolute Gasteiger partial charge is 0.335 e. The highest BCUT2D eigenvalue weighted by molar-refractivity contribution is 6.32. The predicted octanol–water partition coefficient (Wildman–Crippen LogP) is 4.50. The Labute approximate surface area is 136 Å². The van der Waals surface area contributed by atoms with E-state index in [1.165, 1.54) is 11.1 Å². The van der Waals surface area contributed by atoms with Gasteiger partial charge in [0.2, 0.25) is 5.91 Å². The summed E-state index contributed by atoms with van der Waals surface area (Å²) in [5.41, 5.74) is 3.48. The Morgan fingerprint density at radius 1 is 1.18 bits per heavy atom. The summed E-state index contributed by atoms with van der Waals surface area (Å²) in [5, 5.41) is 0.653.